The van der Waals surface area contributed by atoms with Crippen LogP contribution in [0.2, 0.25) is 0 Å². The third-order valence-electron chi connectivity index (χ3n) is 2.67. The molecule has 0 saturated carbocycles. The van der Waals surface area contributed by atoms with E-state index < -0.39 is 5.60 Å². The maximum Gasteiger partial charge on any atom is 0.0800 e. The molecule has 0 radical (unpaired) electrons. The molecule has 0 bridgehead atoms. The molecule has 16 heavy (non-hydrogen) atoms. The summed E-state index contributed by atoms with van der Waals surface area (Å²) >= 11 is 0. The van der Waals surface area contributed by atoms with E-state index in [-0.39, 0.29) is 0 Å². The first-order valence-electron chi connectivity index (χ1n) is 6.02. The Kier molecular flexibility index (Phi) is 7.07. The molecule has 1 atom stereocenters. The average Bonchev–Trinajstić information content (AvgIpc) is 2.17. The van der Waals surface area contributed by atoms with Crippen molar-refractivity contribution in [3.63, 3.8) is 0 Å². The fraction of sp³-hybridized carbons (Fsp3) is 0.600. The molecule has 0 aliphatic carbocycles. The van der Waals surface area contributed by atoms with Gasteiger partial charge in [0.15, 0.2) is 0 Å². The van der Waals surface area contributed by atoms with Crippen LogP contribution in [0.3, 0.4) is 0 Å². The molecule has 0 spiro atoms. The molecule has 1 unspecified atom stereocenters. The molecule has 0 fully saturated rings. The molecule has 0 aliphatic heterocycles. The minimum Gasteiger partial charge on any atom is -0.386 e. The molecular formula is C15H26O. The minimum atomic E-state index is -0.726. The van der Waals surface area contributed by atoms with E-state index in [1.165, 1.54) is 11.1 Å². The average molecular weight is 222 g/mol. The van der Waals surface area contributed by atoms with Crippen molar-refractivity contribution in [2.75, 3.05) is 0 Å². The van der Waals surface area contributed by atoms with Gasteiger partial charge in [0.25, 0.3) is 0 Å². The van der Waals surface area contributed by atoms with Gasteiger partial charge in [-0.2, -0.15) is 0 Å². The van der Waals surface area contributed by atoms with Crippen LogP contribution in [0.25, 0.3) is 0 Å². The Morgan fingerprint density at radius 2 is 1.81 bits per heavy atom. The lowest BCUT2D eigenvalue weighted by molar-refractivity contribution is 0.103. The highest BCUT2D eigenvalue weighted by molar-refractivity contribution is 5.03. The van der Waals surface area contributed by atoms with Gasteiger partial charge >= 0.3 is 0 Å². The second-order valence-corrected chi connectivity index (χ2v) is 4.97. The van der Waals surface area contributed by atoms with E-state index in [2.05, 4.69) is 39.5 Å². The minimum absolute atomic E-state index is 0.726. The van der Waals surface area contributed by atoms with Gasteiger partial charge in [-0.3, -0.25) is 0 Å². The lowest BCUT2D eigenvalue weighted by Gasteiger charge is -2.16. The summed E-state index contributed by atoms with van der Waals surface area (Å²) in [7, 11) is 0. The topological polar surface area (TPSA) is 20.2 Å². The molecule has 0 aromatic heterocycles. The Morgan fingerprint density at radius 3 is 2.31 bits per heavy atom. The van der Waals surface area contributed by atoms with Gasteiger partial charge in [-0.15, -0.1) is 6.58 Å². The number of allylic oxidation sites excluding steroid dienone is 4. The van der Waals surface area contributed by atoms with Crippen LogP contribution in [0.5, 0.6) is 0 Å². The first-order valence-corrected chi connectivity index (χ1v) is 6.02. The van der Waals surface area contributed by atoms with Crippen LogP contribution in [0, 0.1) is 0 Å². The summed E-state index contributed by atoms with van der Waals surface area (Å²) in [5.74, 6) is 0. The van der Waals surface area contributed by atoms with E-state index in [1.807, 2.05) is 0 Å². The van der Waals surface area contributed by atoms with E-state index in [0.717, 1.165) is 25.7 Å². The smallest absolute Gasteiger partial charge is 0.0800 e. The number of hydrogen-bond donors (Lipinski definition) is 1. The summed E-state index contributed by atoms with van der Waals surface area (Å²) in [4.78, 5) is 0. The van der Waals surface area contributed by atoms with Crippen LogP contribution < -0.4 is 0 Å². The SMILES string of the molecule is C=CC(C)(O)CC/C=C(/C)CCC=C(C)C. The highest BCUT2D eigenvalue weighted by Gasteiger charge is 2.12. The van der Waals surface area contributed by atoms with Crippen LogP contribution in [0.1, 0.15) is 53.4 Å². The van der Waals surface area contributed by atoms with Gasteiger partial charge in [0.1, 0.15) is 0 Å². The van der Waals surface area contributed by atoms with E-state index in [4.69, 9.17) is 0 Å². The first kappa shape index (κ1) is 15.2. The predicted molar refractivity (Wildman–Crippen MR) is 72.5 cm³/mol. The molecule has 1 heteroatoms. The van der Waals surface area contributed by atoms with Gasteiger partial charge in [0, 0.05) is 0 Å². The van der Waals surface area contributed by atoms with Gasteiger partial charge in [0.2, 0.25) is 0 Å². The molecule has 92 valence electrons. The maximum absolute atomic E-state index is 9.73. The second kappa shape index (κ2) is 7.45. The maximum atomic E-state index is 9.73. The number of aliphatic hydroxyl groups is 1. The van der Waals surface area contributed by atoms with E-state index in [1.54, 1.807) is 13.0 Å². The zero-order valence-electron chi connectivity index (χ0n) is 11.2. The van der Waals surface area contributed by atoms with Crippen molar-refractivity contribution in [1.82, 2.24) is 0 Å². The molecule has 0 aliphatic rings. The highest BCUT2D eigenvalue weighted by Crippen LogP contribution is 2.15. The third kappa shape index (κ3) is 8.49. The quantitative estimate of drug-likeness (QED) is 0.633. The fourth-order valence-corrected chi connectivity index (χ4v) is 1.40. The monoisotopic (exact) mass is 222 g/mol. The van der Waals surface area contributed by atoms with Crippen LogP contribution in [0.4, 0.5) is 0 Å². The van der Waals surface area contributed by atoms with Crippen molar-refractivity contribution in [3.8, 4) is 0 Å². The van der Waals surface area contributed by atoms with Crippen molar-refractivity contribution in [3.05, 3.63) is 36.0 Å². The standard InChI is InChI=1S/C15H26O/c1-6-15(5,16)12-8-11-14(4)10-7-9-13(2)3/h6,9,11,16H,1,7-8,10,12H2,2-5H3/b14-11-. The largest absolute Gasteiger partial charge is 0.386 e. The Bertz CT molecular complexity index is 265. The summed E-state index contributed by atoms with van der Waals surface area (Å²) in [6, 6.07) is 0. The Hall–Kier alpha value is -0.820. The molecule has 0 aromatic carbocycles. The van der Waals surface area contributed by atoms with Crippen LogP contribution in [-0.2, 0) is 0 Å². The normalized spacial score (nSPS) is 15.4. The predicted octanol–water partition coefficient (Wildman–Crippen LogP) is 4.40. The van der Waals surface area contributed by atoms with Crippen molar-refractivity contribution < 1.29 is 5.11 Å². The zero-order valence-corrected chi connectivity index (χ0v) is 11.2. The molecular weight excluding hydrogens is 196 g/mol. The van der Waals surface area contributed by atoms with Crippen LogP contribution in [0.15, 0.2) is 36.0 Å². The van der Waals surface area contributed by atoms with E-state index >= 15 is 0 Å². The van der Waals surface area contributed by atoms with Gasteiger partial charge in [-0.05, 0) is 53.4 Å². The van der Waals surface area contributed by atoms with Crippen molar-refractivity contribution in [2.24, 2.45) is 0 Å². The molecule has 1 nitrogen and oxygen atoms in total. The highest BCUT2D eigenvalue weighted by atomic mass is 16.3. The molecule has 0 saturated heterocycles. The lowest BCUT2D eigenvalue weighted by atomic mass is 9.99. The lowest BCUT2D eigenvalue weighted by Crippen LogP contribution is -2.19. The van der Waals surface area contributed by atoms with E-state index in [0.29, 0.717) is 0 Å². The third-order valence-corrected chi connectivity index (χ3v) is 2.67. The van der Waals surface area contributed by atoms with Crippen molar-refractivity contribution >= 4 is 0 Å². The van der Waals surface area contributed by atoms with Crippen LogP contribution >= 0.6 is 0 Å². The van der Waals surface area contributed by atoms with Gasteiger partial charge < -0.3 is 5.11 Å². The molecule has 0 aromatic rings. The molecule has 1 N–H and O–H groups in total. The summed E-state index contributed by atoms with van der Waals surface area (Å²) < 4.78 is 0. The zero-order chi connectivity index (χ0) is 12.6. The molecule has 0 amide bonds. The Morgan fingerprint density at radius 1 is 1.19 bits per heavy atom. The van der Waals surface area contributed by atoms with Gasteiger partial charge in [0.05, 0.1) is 5.60 Å². The van der Waals surface area contributed by atoms with Gasteiger partial charge in [-0.1, -0.05) is 29.4 Å². The summed E-state index contributed by atoms with van der Waals surface area (Å²) in [5.41, 5.74) is 2.05. The van der Waals surface area contributed by atoms with Crippen molar-refractivity contribution in [1.29, 1.82) is 0 Å². The Labute approximate surface area is 101 Å². The summed E-state index contributed by atoms with van der Waals surface area (Å²) in [5, 5.41) is 9.73. The van der Waals surface area contributed by atoms with Crippen LogP contribution in [-0.4, -0.2) is 10.7 Å². The Balaban J connectivity index is 3.88. The van der Waals surface area contributed by atoms with Crippen molar-refractivity contribution in [2.45, 2.75) is 59.0 Å². The molecule has 0 rings (SSSR count). The fourth-order valence-electron chi connectivity index (χ4n) is 1.40. The number of rotatable bonds is 7. The second-order valence-electron chi connectivity index (χ2n) is 4.97. The van der Waals surface area contributed by atoms with E-state index in [9.17, 15) is 5.11 Å². The number of hydrogen-bond acceptors (Lipinski definition) is 1. The summed E-state index contributed by atoms with van der Waals surface area (Å²) in [6.45, 7) is 11.8. The molecule has 0 heterocycles. The van der Waals surface area contributed by atoms with Gasteiger partial charge in [-0.25, -0.2) is 0 Å². The first-order chi connectivity index (χ1) is 7.37. The summed E-state index contributed by atoms with van der Waals surface area (Å²) in [6.07, 6.45) is 9.98.